The zero-order valence-corrected chi connectivity index (χ0v) is 28.6. The van der Waals surface area contributed by atoms with Crippen molar-refractivity contribution < 1.29 is 18.9 Å². The third kappa shape index (κ3) is 5.70. The van der Waals surface area contributed by atoms with Gasteiger partial charge in [0.1, 0.15) is 11.8 Å². The van der Waals surface area contributed by atoms with Crippen LogP contribution in [-0.4, -0.2) is 46.9 Å². The normalized spacial score (nSPS) is 21.8. The van der Waals surface area contributed by atoms with Crippen LogP contribution in [0.5, 0.6) is 0 Å². The average Bonchev–Trinajstić information content (AvgIpc) is 4.02. The third-order valence-corrected chi connectivity index (χ3v) is 11.1. The topological polar surface area (TPSA) is 132 Å². The van der Waals surface area contributed by atoms with E-state index in [0.717, 1.165) is 83.1 Å². The summed E-state index contributed by atoms with van der Waals surface area (Å²) in [6.45, 7) is 8.05. The Morgan fingerprint density at radius 3 is 2.54 bits per heavy atom. The van der Waals surface area contributed by atoms with Crippen molar-refractivity contribution in [2.24, 2.45) is 11.8 Å². The molecule has 3 fully saturated rings. The summed E-state index contributed by atoms with van der Waals surface area (Å²) in [5.41, 5.74) is 9.50. The highest BCUT2D eigenvalue weighted by atomic mass is 16.5. The zero-order chi connectivity index (χ0) is 34.7. The van der Waals surface area contributed by atoms with Gasteiger partial charge in [-0.3, -0.25) is 19.7 Å². The molecule has 3 atom stereocenters. The Balaban J connectivity index is 0.986. The molecule has 0 spiro atoms. The predicted octanol–water partition coefficient (Wildman–Crippen LogP) is 6.47. The minimum Gasteiger partial charge on any atom is -0.385 e. The lowest BCUT2D eigenvalue weighted by Crippen LogP contribution is -2.52. The number of aromatic nitrogens is 1. The fourth-order valence-corrected chi connectivity index (χ4v) is 7.78. The van der Waals surface area contributed by atoms with Crippen LogP contribution in [0.1, 0.15) is 70.6 Å². The van der Waals surface area contributed by atoms with Crippen LogP contribution in [-0.2, 0) is 21.5 Å². The van der Waals surface area contributed by atoms with E-state index in [2.05, 4.69) is 76.1 Å². The minimum atomic E-state index is -0.620. The molecule has 3 heterocycles. The van der Waals surface area contributed by atoms with E-state index in [0.29, 0.717) is 30.4 Å². The van der Waals surface area contributed by atoms with Gasteiger partial charge >= 0.3 is 0 Å². The molecule has 10 heteroatoms. The van der Waals surface area contributed by atoms with Gasteiger partial charge in [0.15, 0.2) is 0 Å². The number of amides is 3. The number of aryl methyl sites for hydroxylation is 3. The number of nitrogens with one attached hydrogen (secondary N) is 2. The Labute approximate surface area is 291 Å². The van der Waals surface area contributed by atoms with E-state index in [1.807, 2.05) is 32.0 Å². The lowest BCUT2D eigenvalue weighted by molar-refractivity contribution is -0.136. The second-order valence-corrected chi connectivity index (χ2v) is 14.5. The molecule has 10 nitrogen and oxygen atoms in total. The zero-order valence-electron chi connectivity index (χ0n) is 28.6. The summed E-state index contributed by atoms with van der Waals surface area (Å²) < 4.78 is 5.50. The summed E-state index contributed by atoms with van der Waals surface area (Å²) >= 11 is 0. The summed E-state index contributed by atoms with van der Waals surface area (Å²) in [5, 5.41) is 19.9. The molecule has 3 amide bonds. The van der Waals surface area contributed by atoms with Crippen molar-refractivity contribution >= 4 is 34.8 Å². The van der Waals surface area contributed by atoms with Crippen molar-refractivity contribution in [2.75, 3.05) is 23.3 Å². The Morgan fingerprint density at radius 1 is 1.04 bits per heavy atom. The van der Waals surface area contributed by atoms with Crippen LogP contribution in [0, 0.1) is 43.9 Å². The maximum atomic E-state index is 13.3. The van der Waals surface area contributed by atoms with E-state index in [1.165, 1.54) is 5.56 Å². The van der Waals surface area contributed by atoms with Crippen molar-refractivity contribution in [3.8, 4) is 17.2 Å². The molecule has 1 aromatic heterocycles. The van der Waals surface area contributed by atoms with Crippen molar-refractivity contribution in [1.29, 1.82) is 5.26 Å². The highest BCUT2D eigenvalue weighted by molar-refractivity contribution is 6.05. The monoisotopic (exact) mass is 668 g/mol. The van der Waals surface area contributed by atoms with E-state index in [1.54, 1.807) is 4.90 Å². The molecule has 50 heavy (non-hydrogen) atoms. The number of hydrogen-bond acceptors (Lipinski definition) is 8. The fourth-order valence-electron chi connectivity index (χ4n) is 7.78. The average molecular weight is 669 g/mol. The van der Waals surface area contributed by atoms with Crippen LogP contribution < -0.4 is 15.5 Å². The molecule has 0 bridgehead atoms. The predicted molar refractivity (Wildman–Crippen MR) is 189 cm³/mol. The second kappa shape index (κ2) is 12.2. The summed E-state index contributed by atoms with van der Waals surface area (Å²) in [4.78, 5) is 41.4. The molecule has 2 saturated carbocycles. The van der Waals surface area contributed by atoms with Gasteiger partial charge in [0.2, 0.25) is 11.8 Å². The van der Waals surface area contributed by atoms with Crippen LogP contribution in [0.4, 0.5) is 17.1 Å². The lowest BCUT2D eigenvalue weighted by Gasteiger charge is -2.29. The Morgan fingerprint density at radius 2 is 1.84 bits per heavy atom. The number of carbonyl (C=O) groups is 3. The molecule has 254 valence electrons. The largest absolute Gasteiger partial charge is 0.385 e. The smallest absolute Gasteiger partial charge is 0.255 e. The SMILES string of the molecule is Cc1ccc(-c2c(C)noc2C)cc1N(C[C@H]1C[C@@H]1CNc1ccc2c(c1)C(=O)N(C1CCC(=O)NC1=O)C2)c1ccc(C2(C#N)CC2)cc1. The molecular formula is C40H40N6O4. The number of piperidine rings is 1. The number of nitriles is 1. The number of rotatable bonds is 10. The van der Waals surface area contributed by atoms with Gasteiger partial charge in [-0.05, 0) is 111 Å². The van der Waals surface area contributed by atoms with Gasteiger partial charge in [-0.25, -0.2) is 0 Å². The van der Waals surface area contributed by atoms with Gasteiger partial charge in [-0.2, -0.15) is 5.26 Å². The Hall–Kier alpha value is -5.43. The van der Waals surface area contributed by atoms with Crippen molar-refractivity contribution in [2.45, 2.75) is 70.9 Å². The first-order valence-electron chi connectivity index (χ1n) is 17.5. The number of nitrogens with zero attached hydrogens (tertiary/aromatic N) is 4. The molecule has 4 aromatic rings. The van der Waals surface area contributed by atoms with Gasteiger partial charge in [0, 0.05) is 54.2 Å². The maximum absolute atomic E-state index is 13.3. The fraction of sp³-hybridized carbons (Fsp3) is 0.375. The first-order chi connectivity index (χ1) is 24.1. The Bertz CT molecular complexity index is 2050. The highest BCUT2D eigenvalue weighted by Gasteiger charge is 2.45. The van der Waals surface area contributed by atoms with Crippen molar-refractivity contribution in [1.82, 2.24) is 15.4 Å². The molecule has 2 aliphatic heterocycles. The molecule has 1 unspecified atom stereocenters. The molecule has 3 aromatic carbocycles. The number of imide groups is 1. The third-order valence-electron chi connectivity index (χ3n) is 11.1. The summed E-state index contributed by atoms with van der Waals surface area (Å²) in [7, 11) is 0. The van der Waals surface area contributed by atoms with Gasteiger partial charge in [-0.1, -0.05) is 35.5 Å². The van der Waals surface area contributed by atoms with E-state index in [9.17, 15) is 19.6 Å². The standard InChI is InChI=1S/C40H40N6O4/c1-23-4-5-26(37-24(2)44-50-25(37)3)17-35(23)45(32-10-7-30(8-11-32)40(22-41)14-15-40)21-29-16-28(29)19-42-31-9-6-27-20-46(39(49)33(27)18-31)34-12-13-36(47)43-38(34)48/h4-11,17-18,28-29,34,42H,12-16,19-21H2,1-3H3,(H,43,47,48)/t28-,29-,34?/m1/s1. The highest BCUT2D eigenvalue weighted by Crippen LogP contribution is 2.48. The van der Waals surface area contributed by atoms with Gasteiger partial charge < -0.3 is 19.6 Å². The van der Waals surface area contributed by atoms with Crippen LogP contribution in [0.3, 0.4) is 0 Å². The maximum Gasteiger partial charge on any atom is 0.255 e. The molecule has 2 aliphatic carbocycles. The number of fused-ring (bicyclic) bond motifs is 1. The number of carbonyl (C=O) groups excluding carboxylic acids is 3. The number of benzene rings is 3. The van der Waals surface area contributed by atoms with Gasteiger partial charge in [-0.15, -0.1) is 0 Å². The van der Waals surface area contributed by atoms with E-state index >= 15 is 0 Å². The first-order valence-corrected chi connectivity index (χ1v) is 17.5. The summed E-state index contributed by atoms with van der Waals surface area (Å²) in [5.74, 6) is 0.858. The lowest BCUT2D eigenvalue weighted by atomic mass is 9.97. The van der Waals surface area contributed by atoms with Gasteiger partial charge in [0.05, 0.1) is 17.2 Å². The van der Waals surface area contributed by atoms with E-state index in [-0.39, 0.29) is 23.7 Å². The molecular weight excluding hydrogens is 628 g/mol. The quantitative estimate of drug-likeness (QED) is 0.184. The van der Waals surface area contributed by atoms with Gasteiger partial charge in [0.25, 0.3) is 5.91 Å². The van der Waals surface area contributed by atoms with Crippen LogP contribution >= 0.6 is 0 Å². The van der Waals surface area contributed by atoms with E-state index < -0.39 is 11.9 Å². The van der Waals surface area contributed by atoms with E-state index in [4.69, 9.17) is 4.52 Å². The van der Waals surface area contributed by atoms with Crippen molar-refractivity contribution in [3.63, 3.8) is 0 Å². The molecule has 2 N–H and O–H groups in total. The minimum absolute atomic E-state index is 0.166. The first kappa shape index (κ1) is 31.8. The molecule has 8 rings (SSSR count). The second-order valence-electron chi connectivity index (χ2n) is 14.5. The number of hydrogen-bond donors (Lipinski definition) is 2. The van der Waals surface area contributed by atoms with Crippen LogP contribution in [0.2, 0.25) is 0 Å². The van der Waals surface area contributed by atoms with Crippen LogP contribution in [0.15, 0.2) is 65.2 Å². The summed E-state index contributed by atoms with van der Waals surface area (Å²) in [6.07, 6.45) is 3.50. The molecule has 4 aliphatic rings. The van der Waals surface area contributed by atoms with Crippen molar-refractivity contribution in [3.05, 3.63) is 94.4 Å². The molecule has 1 saturated heterocycles. The Kier molecular flexibility index (Phi) is 7.74. The van der Waals surface area contributed by atoms with Crippen LogP contribution in [0.25, 0.3) is 11.1 Å². The summed E-state index contributed by atoms with van der Waals surface area (Å²) in [6, 6.07) is 22.8. The number of anilines is 3. The molecule has 0 radical (unpaired) electrons.